The lowest BCUT2D eigenvalue weighted by Gasteiger charge is -2.23. The van der Waals surface area contributed by atoms with Gasteiger partial charge in [-0.25, -0.2) is 17.9 Å². The largest absolute Gasteiger partial charge is 0.494 e. The number of esters is 1. The van der Waals surface area contributed by atoms with Gasteiger partial charge in [0, 0.05) is 5.56 Å². The number of ether oxygens (including phenoxy) is 3. The summed E-state index contributed by atoms with van der Waals surface area (Å²) in [5.74, 6) is 0.529. The number of nitrogens with zero attached hydrogens (tertiary/aromatic N) is 4. The predicted octanol–water partition coefficient (Wildman–Crippen LogP) is 3.65. The standard InChI is InChI=1S/C28H31N4O6S/c1-32(2,3)17-18-38-28(33)20-13-15-21(16-14-20)39(34,35)26-12-7-6-9-22(26)23-19-31(30-29-23)27-24(36-4)10-8-11-25(27)37-5/h6-16,19H,17-18H2,1-5H3/q+1. The first-order valence-electron chi connectivity index (χ1n) is 12.1. The number of carbonyl (C=O) groups excluding carboxylic acids is 1. The van der Waals surface area contributed by atoms with E-state index in [0.717, 1.165) is 0 Å². The number of para-hydroxylation sites is 1. The van der Waals surface area contributed by atoms with Crippen molar-refractivity contribution in [3.63, 3.8) is 0 Å². The van der Waals surface area contributed by atoms with Crippen LogP contribution in [0.1, 0.15) is 10.4 Å². The minimum atomic E-state index is -3.96. The monoisotopic (exact) mass is 551 g/mol. The van der Waals surface area contributed by atoms with Crippen LogP contribution in [-0.4, -0.2) is 82.4 Å². The van der Waals surface area contributed by atoms with Gasteiger partial charge in [-0.1, -0.05) is 29.5 Å². The Morgan fingerprint density at radius 3 is 2.15 bits per heavy atom. The molecule has 0 aliphatic heterocycles. The number of aromatic nitrogens is 3. The maximum Gasteiger partial charge on any atom is 0.338 e. The van der Waals surface area contributed by atoms with Gasteiger partial charge >= 0.3 is 5.97 Å². The molecule has 0 saturated carbocycles. The van der Waals surface area contributed by atoms with Gasteiger partial charge in [-0.2, -0.15) is 0 Å². The summed E-state index contributed by atoms with van der Waals surface area (Å²) in [5.41, 5.74) is 1.53. The Bertz CT molecular complexity index is 1550. The fourth-order valence-electron chi connectivity index (χ4n) is 3.86. The molecule has 10 nitrogen and oxygen atoms in total. The highest BCUT2D eigenvalue weighted by Gasteiger charge is 2.24. The zero-order valence-electron chi connectivity index (χ0n) is 22.5. The first kappa shape index (κ1) is 27.8. The van der Waals surface area contributed by atoms with E-state index in [-0.39, 0.29) is 22.0 Å². The summed E-state index contributed by atoms with van der Waals surface area (Å²) in [5, 5.41) is 8.45. The highest BCUT2D eigenvalue weighted by Crippen LogP contribution is 2.34. The SMILES string of the molecule is COc1cccc(OC)c1-n1cc(-c2ccccc2S(=O)(=O)c2ccc(C(=O)OCC[N+](C)(C)C)cc2)nn1. The number of likely N-dealkylation sites (N-methyl/N-ethyl adjacent to an activating group) is 1. The van der Waals surface area contributed by atoms with Crippen LogP contribution < -0.4 is 9.47 Å². The minimum Gasteiger partial charge on any atom is -0.494 e. The number of hydrogen-bond acceptors (Lipinski definition) is 8. The van der Waals surface area contributed by atoms with Crippen molar-refractivity contribution in [3.8, 4) is 28.4 Å². The van der Waals surface area contributed by atoms with Gasteiger partial charge in [0.25, 0.3) is 0 Å². The van der Waals surface area contributed by atoms with E-state index >= 15 is 0 Å². The molecule has 11 heteroatoms. The van der Waals surface area contributed by atoms with Crippen LogP contribution in [0.15, 0.2) is 82.7 Å². The van der Waals surface area contributed by atoms with E-state index in [1.54, 1.807) is 42.6 Å². The number of hydrogen-bond donors (Lipinski definition) is 0. The summed E-state index contributed by atoms with van der Waals surface area (Å²) in [4.78, 5) is 12.5. The van der Waals surface area contributed by atoms with Crippen LogP contribution in [0.4, 0.5) is 0 Å². The maximum absolute atomic E-state index is 13.7. The van der Waals surface area contributed by atoms with Crippen molar-refractivity contribution in [2.75, 3.05) is 48.5 Å². The fourth-order valence-corrected chi connectivity index (χ4v) is 5.33. The third-order valence-electron chi connectivity index (χ3n) is 5.97. The second-order valence-corrected chi connectivity index (χ2v) is 11.7. The molecule has 0 aliphatic carbocycles. The van der Waals surface area contributed by atoms with Crippen molar-refractivity contribution in [2.45, 2.75) is 9.79 Å². The number of quaternary nitrogens is 1. The predicted molar refractivity (Wildman–Crippen MR) is 145 cm³/mol. The van der Waals surface area contributed by atoms with E-state index in [1.807, 2.05) is 21.1 Å². The second kappa shape index (κ2) is 11.3. The molecular weight excluding hydrogens is 520 g/mol. The molecule has 0 saturated heterocycles. The average molecular weight is 552 g/mol. The summed E-state index contributed by atoms with van der Waals surface area (Å²) in [6.07, 6.45) is 1.62. The van der Waals surface area contributed by atoms with Gasteiger partial charge < -0.3 is 18.7 Å². The molecule has 1 aromatic heterocycles. The molecule has 204 valence electrons. The lowest BCUT2D eigenvalue weighted by atomic mass is 10.2. The Kier molecular flexibility index (Phi) is 8.03. The maximum atomic E-state index is 13.7. The first-order valence-corrected chi connectivity index (χ1v) is 13.6. The number of benzene rings is 3. The number of methoxy groups -OCH3 is 2. The first-order chi connectivity index (χ1) is 18.5. The summed E-state index contributed by atoms with van der Waals surface area (Å²) in [7, 11) is 5.12. The summed E-state index contributed by atoms with van der Waals surface area (Å²) < 4.78 is 45.7. The van der Waals surface area contributed by atoms with Crippen molar-refractivity contribution in [2.24, 2.45) is 0 Å². The van der Waals surface area contributed by atoms with Gasteiger partial charge in [0.15, 0.2) is 5.69 Å². The van der Waals surface area contributed by atoms with Crippen LogP contribution in [0.2, 0.25) is 0 Å². The van der Waals surface area contributed by atoms with Crippen LogP contribution in [0, 0.1) is 0 Å². The van der Waals surface area contributed by atoms with E-state index in [4.69, 9.17) is 14.2 Å². The highest BCUT2D eigenvalue weighted by atomic mass is 32.2. The third kappa shape index (κ3) is 6.10. The zero-order valence-corrected chi connectivity index (χ0v) is 23.3. The average Bonchev–Trinajstić information content (AvgIpc) is 3.41. The Balaban J connectivity index is 1.63. The molecule has 0 unspecified atom stereocenters. The quantitative estimate of drug-likeness (QED) is 0.217. The molecule has 0 spiro atoms. The Labute approximate surface area is 227 Å². The van der Waals surface area contributed by atoms with Crippen molar-refractivity contribution in [1.29, 1.82) is 0 Å². The molecule has 4 aromatic rings. The van der Waals surface area contributed by atoms with Crippen molar-refractivity contribution in [3.05, 3.63) is 78.5 Å². The molecular formula is C28H31N4O6S+. The van der Waals surface area contributed by atoms with Crippen molar-refractivity contribution < 1.29 is 31.9 Å². The third-order valence-corrected chi connectivity index (χ3v) is 7.80. The van der Waals surface area contributed by atoms with Crippen LogP contribution in [0.25, 0.3) is 16.9 Å². The summed E-state index contributed by atoms with van der Waals surface area (Å²) in [6, 6.07) is 17.6. The fraction of sp³-hybridized carbons (Fsp3) is 0.250. The van der Waals surface area contributed by atoms with Gasteiger partial charge in [-0.3, -0.25) is 0 Å². The molecule has 0 aliphatic rings. The zero-order chi connectivity index (χ0) is 28.2. The Hall–Kier alpha value is -4.22. The number of sulfone groups is 1. The van der Waals surface area contributed by atoms with Crippen molar-refractivity contribution in [1.82, 2.24) is 15.0 Å². The summed E-state index contributed by atoms with van der Waals surface area (Å²) in [6.45, 7) is 0.917. The molecule has 4 rings (SSSR count). The lowest BCUT2D eigenvalue weighted by Crippen LogP contribution is -2.38. The van der Waals surface area contributed by atoms with E-state index in [0.29, 0.717) is 39.5 Å². The van der Waals surface area contributed by atoms with Crippen LogP contribution in [0.5, 0.6) is 11.5 Å². The molecule has 0 fully saturated rings. The van der Waals surface area contributed by atoms with Crippen LogP contribution >= 0.6 is 0 Å². The van der Waals surface area contributed by atoms with E-state index in [9.17, 15) is 13.2 Å². The summed E-state index contributed by atoms with van der Waals surface area (Å²) >= 11 is 0. The van der Waals surface area contributed by atoms with Gasteiger partial charge in [-0.15, -0.1) is 5.10 Å². The van der Waals surface area contributed by atoms with Gasteiger partial charge in [0.2, 0.25) is 9.84 Å². The van der Waals surface area contributed by atoms with Crippen molar-refractivity contribution >= 4 is 15.8 Å². The normalized spacial score (nSPS) is 11.7. The van der Waals surface area contributed by atoms with E-state index < -0.39 is 15.8 Å². The highest BCUT2D eigenvalue weighted by molar-refractivity contribution is 7.91. The van der Waals surface area contributed by atoms with E-state index in [2.05, 4.69) is 10.3 Å². The van der Waals surface area contributed by atoms with Gasteiger partial charge in [0.1, 0.15) is 30.3 Å². The molecule has 0 amide bonds. The molecule has 1 heterocycles. The molecule has 0 N–H and O–H groups in total. The van der Waals surface area contributed by atoms with Crippen LogP contribution in [-0.2, 0) is 14.6 Å². The second-order valence-electron chi connectivity index (χ2n) is 9.73. The molecule has 0 radical (unpaired) electrons. The van der Waals surface area contributed by atoms with Gasteiger partial charge in [-0.05, 0) is 42.5 Å². The van der Waals surface area contributed by atoms with E-state index in [1.165, 1.54) is 49.2 Å². The molecule has 0 bridgehead atoms. The Morgan fingerprint density at radius 2 is 1.54 bits per heavy atom. The minimum absolute atomic E-state index is 0.0386. The van der Waals surface area contributed by atoms with Crippen LogP contribution in [0.3, 0.4) is 0 Å². The number of carbonyl (C=O) groups is 1. The van der Waals surface area contributed by atoms with Gasteiger partial charge in [0.05, 0.1) is 56.9 Å². The molecule has 0 atom stereocenters. The Morgan fingerprint density at radius 1 is 0.897 bits per heavy atom. The smallest absolute Gasteiger partial charge is 0.338 e. The number of rotatable bonds is 10. The molecule has 39 heavy (non-hydrogen) atoms. The topological polar surface area (TPSA) is 110 Å². The lowest BCUT2D eigenvalue weighted by molar-refractivity contribution is -0.870. The molecule has 3 aromatic carbocycles.